The van der Waals surface area contributed by atoms with Crippen molar-refractivity contribution >= 4 is 24.0 Å². The number of nitrogens with zero attached hydrogens (tertiary/aromatic N) is 1. The van der Waals surface area contributed by atoms with E-state index in [0.29, 0.717) is 24.1 Å². The van der Waals surface area contributed by atoms with Crippen LogP contribution in [0.2, 0.25) is 5.02 Å². The number of ether oxygens (including phenoxy) is 1. The molecular formula is C14H18Cl2N2O2. The van der Waals surface area contributed by atoms with E-state index in [1.807, 2.05) is 24.3 Å². The quantitative estimate of drug-likeness (QED) is 0.909. The van der Waals surface area contributed by atoms with Crippen LogP contribution >= 0.6 is 24.0 Å². The summed E-state index contributed by atoms with van der Waals surface area (Å²) in [4.78, 5) is 0. The molecule has 6 heteroatoms. The first-order valence-electron chi connectivity index (χ1n) is 6.22. The zero-order valence-corrected chi connectivity index (χ0v) is 13.0. The van der Waals surface area contributed by atoms with Crippen molar-refractivity contribution in [3.63, 3.8) is 0 Å². The van der Waals surface area contributed by atoms with E-state index in [1.54, 1.807) is 0 Å². The zero-order valence-electron chi connectivity index (χ0n) is 11.4. The van der Waals surface area contributed by atoms with Gasteiger partial charge in [0.05, 0.1) is 5.56 Å². The molecule has 0 atom stereocenters. The monoisotopic (exact) mass is 316 g/mol. The number of nitrogens with two attached hydrogens (primary N) is 1. The topological polar surface area (TPSA) is 61.3 Å². The highest BCUT2D eigenvalue weighted by molar-refractivity contribution is 6.30. The molecule has 0 unspecified atom stereocenters. The predicted octanol–water partition coefficient (Wildman–Crippen LogP) is 3.88. The van der Waals surface area contributed by atoms with Crippen LogP contribution in [0.4, 0.5) is 0 Å². The largest absolute Gasteiger partial charge is 0.474 e. The maximum Gasteiger partial charge on any atom is 0.258 e. The molecule has 1 aromatic carbocycles. The third-order valence-electron chi connectivity index (χ3n) is 2.74. The van der Waals surface area contributed by atoms with Crippen molar-refractivity contribution in [1.29, 1.82) is 0 Å². The van der Waals surface area contributed by atoms with Crippen molar-refractivity contribution in [3.8, 4) is 17.2 Å². The van der Waals surface area contributed by atoms with Gasteiger partial charge in [0.1, 0.15) is 6.61 Å². The molecular weight excluding hydrogens is 299 g/mol. The SMILES string of the molecule is CC(C)c1c(OCCN)noc1-c1ccc(Cl)cc1.Cl. The van der Waals surface area contributed by atoms with Crippen molar-refractivity contribution < 1.29 is 9.26 Å². The minimum atomic E-state index is 0. The lowest BCUT2D eigenvalue weighted by molar-refractivity contribution is 0.286. The standard InChI is InChI=1S/C14H17ClN2O2.ClH/c1-9(2)12-13(10-3-5-11(15)6-4-10)19-17-14(12)18-8-7-16;/h3-6,9H,7-8,16H2,1-2H3;1H. The number of hydrogen-bond donors (Lipinski definition) is 1. The number of hydrogen-bond acceptors (Lipinski definition) is 4. The molecule has 0 aliphatic heterocycles. The molecule has 0 fully saturated rings. The first kappa shape index (κ1) is 16.8. The number of aromatic nitrogens is 1. The van der Waals surface area contributed by atoms with Crippen LogP contribution in [0, 0.1) is 0 Å². The van der Waals surface area contributed by atoms with Gasteiger partial charge in [0.2, 0.25) is 0 Å². The lowest BCUT2D eigenvalue weighted by atomic mass is 10.00. The summed E-state index contributed by atoms with van der Waals surface area (Å²) in [6.45, 7) is 5.01. The molecule has 0 bridgehead atoms. The fourth-order valence-electron chi connectivity index (χ4n) is 1.86. The van der Waals surface area contributed by atoms with E-state index in [1.165, 1.54) is 0 Å². The Morgan fingerprint density at radius 1 is 1.30 bits per heavy atom. The van der Waals surface area contributed by atoms with Crippen LogP contribution in [0.1, 0.15) is 25.3 Å². The molecule has 0 spiro atoms. The van der Waals surface area contributed by atoms with Crippen molar-refractivity contribution in [2.45, 2.75) is 19.8 Å². The van der Waals surface area contributed by atoms with Gasteiger partial charge in [0.15, 0.2) is 5.76 Å². The average molecular weight is 317 g/mol. The molecule has 2 N–H and O–H groups in total. The Morgan fingerprint density at radius 3 is 2.50 bits per heavy atom. The van der Waals surface area contributed by atoms with Crippen molar-refractivity contribution in [2.24, 2.45) is 5.73 Å². The summed E-state index contributed by atoms with van der Waals surface area (Å²) in [6, 6.07) is 7.46. The van der Waals surface area contributed by atoms with Crippen LogP contribution in [0.25, 0.3) is 11.3 Å². The second-order valence-corrected chi connectivity index (χ2v) is 4.97. The van der Waals surface area contributed by atoms with E-state index in [4.69, 9.17) is 26.6 Å². The molecule has 2 rings (SSSR count). The molecule has 1 aromatic heterocycles. The first-order chi connectivity index (χ1) is 9.13. The summed E-state index contributed by atoms with van der Waals surface area (Å²) >= 11 is 5.89. The summed E-state index contributed by atoms with van der Waals surface area (Å²) in [7, 11) is 0. The van der Waals surface area contributed by atoms with E-state index in [0.717, 1.165) is 16.9 Å². The second kappa shape index (κ2) is 7.53. The maximum absolute atomic E-state index is 5.89. The van der Waals surface area contributed by atoms with Crippen LogP contribution in [0.3, 0.4) is 0 Å². The lowest BCUT2D eigenvalue weighted by Gasteiger charge is -2.08. The van der Waals surface area contributed by atoms with Gasteiger partial charge in [-0.3, -0.25) is 0 Å². The Labute approximate surface area is 129 Å². The smallest absolute Gasteiger partial charge is 0.258 e. The predicted molar refractivity (Wildman–Crippen MR) is 82.8 cm³/mol. The Kier molecular flexibility index (Phi) is 6.33. The summed E-state index contributed by atoms with van der Waals surface area (Å²) in [5.41, 5.74) is 7.33. The highest BCUT2D eigenvalue weighted by Crippen LogP contribution is 2.36. The van der Waals surface area contributed by atoms with Crippen molar-refractivity contribution in [2.75, 3.05) is 13.2 Å². The lowest BCUT2D eigenvalue weighted by Crippen LogP contribution is -2.11. The normalized spacial score (nSPS) is 10.4. The molecule has 0 aliphatic carbocycles. The van der Waals surface area contributed by atoms with Crippen LogP contribution in [0.5, 0.6) is 5.88 Å². The molecule has 0 saturated heterocycles. The van der Waals surface area contributed by atoms with E-state index in [9.17, 15) is 0 Å². The van der Waals surface area contributed by atoms with Gasteiger partial charge >= 0.3 is 0 Å². The highest BCUT2D eigenvalue weighted by atomic mass is 35.5. The zero-order chi connectivity index (χ0) is 13.8. The summed E-state index contributed by atoms with van der Waals surface area (Å²) < 4.78 is 10.9. The van der Waals surface area contributed by atoms with Crippen LogP contribution in [0.15, 0.2) is 28.8 Å². The van der Waals surface area contributed by atoms with Crippen LogP contribution in [-0.2, 0) is 0 Å². The molecule has 0 saturated carbocycles. The van der Waals surface area contributed by atoms with Crippen molar-refractivity contribution in [3.05, 3.63) is 34.9 Å². The molecule has 0 radical (unpaired) electrons. The molecule has 4 nitrogen and oxygen atoms in total. The summed E-state index contributed by atoms with van der Waals surface area (Å²) in [6.07, 6.45) is 0. The molecule has 20 heavy (non-hydrogen) atoms. The minimum Gasteiger partial charge on any atom is -0.474 e. The molecule has 1 heterocycles. The fourth-order valence-corrected chi connectivity index (χ4v) is 1.99. The molecule has 2 aromatic rings. The van der Waals surface area contributed by atoms with E-state index in [2.05, 4.69) is 19.0 Å². The summed E-state index contributed by atoms with van der Waals surface area (Å²) in [5.74, 6) is 1.48. The third-order valence-corrected chi connectivity index (χ3v) is 2.99. The van der Waals surface area contributed by atoms with Gasteiger partial charge in [-0.2, -0.15) is 0 Å². The van der Waals surface area contributed by atoms with Crippen LogP contribution < -0.4 is 10.5 Å². The van der Waals surface area contributed by atoms with Gasteiger partial charge in [-0.25, -0.2) is 0 Å². The number of halogens is 2. The fraction of sp³-hybridized carbons (Fsp3) is 0.357. The molecule has 110 valence electrons. The average Bonchev–Trinajstić information content (AvgIpc) is 2.81. The van der Waals surface area contributed by atoms with E-state index >= 15 is 0 Å². The van der Waals surface area contributed by atoms with Gasteiger partial charge < -0.3 is 15.0 Å². The first-order valence-corrected chi connectivity index (χ1v) is 6.59. The van der Waals surface area contributed by atoms with E-state index < -0.39 is 0 Å². The van der Waals surface area contributed by atoms with Gasteiger partial charge in [0, 0.05) is 17.1 Å². The molecule has 0 aliphatic rings. The number of rotatable bonds is 5. The number of benzene rings is 1. The minimum absolute atomic E-state index is 0. The Bertz CT molecular complexity index is 539. The maximum atomic E-state index is 5.89. The van der Waals surface area contributed by atoms with Gasteiger partial charge in [-0.1, -0.05) is 25.4 Å². The molecule has 0 amide bonds. The van der Waals surface area contributed by atoms with Gasteiger partial charge in [0.25, 0.3) is 5.88 Å². The van der Waals surface area contributed by atoms with Gasteiger partial charge in [-0.15, -0.1) is 12.4 Å². The highest BCUT2D eigenvalue weighted by Gasteiger charge is 2.21. The van der Waals surface area contributed by atoms with Gasteiger partial charge in [-0.05, 0) is 35.3 Å². The van der Waals surface area contributed by atoms with Crippen LogP contribution in [-0.4, -0.2) is 18.3 Å². The second-order valence-electron chi connectivity index (χ2n) is 4.53. The summed E-state index contributed by atoms with van der Waals surface area (Å²) in [5, 5.41) is 4.68. The Balaban J connectivity index is 0.00000200. The Hall–Kier alpha value is -1.23. The van der Waals surface area contributed by atoms with Crippen molar-refractivity contribution in [1.82, 2.24) is 5.16 Å². The Morgan fingerprint density at radius 2 is 1.95 bits per heavy atom. The van der Waals surface area contributed by atoms with E-state index in [-0.39, 0.29) is 18.3 Å². The third kappa shape index (κ3) is 3.66.